The number of ether oxygens (including phenoxy) is 2. The Balaban J connectivity index is 1.90. The van der Waals surface area contributed by atoms with E-state index in [4.69, 9.17) is 20.3 Å². The number of nitrogens with two attached hydrogens (primary N) is 1. The summed E-state index contributed by atoms with van der Waals surface area (Å²) in [5.74, 6) is 0. The van der Waals surface area contributed by atoms with E-state index in [1.165, 1.54) is 0 Å². The van der Waals surface area contributed by atoms with Crippen molar-refractivity contribution in [1.82, 2.24) is 4.98 Å². The third-order valence-corrected chi connectivity index (χ3v) is 4.82. The predicted octanol–water partition coefficient (Wildman–Crippen LogP) is 2.67. The second kappa shape index (κ2) is 11.7. The summed E-state index contributed by atoms with van der Waals surface area (Å²) in [7, 11) is 0. The number of nitrogens with zero attached hydrogens (tertiary/aromatic N) is 2. The van der Waals surface area contributed by atoms with E-state index in [1.807, 2.05) is 24.3 Å². The number of hydrogen-bond donors (Lipinski definition) is 2. The highest BCUT2D eigenvalue weighted by molar-refractivity contribution is 7.99. The van der Waals surface area contributed by atoms with Crippen LogP contribution in [0.25, 0.3) is 0 Å². The Hall–Kier alpha value is -1.80. The van der Waals surface area contributed by atoms with Crippen LogP contribution >= 0.6 is 11.8 Å². The Labute approximate surface area is 159 Å². The average Bonchev–Trinajstić information content (AvgIpc) is 2.67. The third kappa shape index (κ3) is 6.84. The third-order valence-electron chi connectivity index (χ3n) is 3.73. The molecular formula is C19H27N3O3S. The second-order valence-electron chi connectivity index (χ2n) is 5.54. The van der Waals surface area contributed by atoms with E-state index in [0.29, 0.717) is 26.4 Å². The Bertz CT molecular complexity index is 643. The zero-order valence-electron chi connectivity index (χ0n) is 15.1. The molecule has 2 aromatic rings. The molecule has 3 N–H and O–H groups in total. The van der Waals surface area contributed by atoms with Gasteiger partial charge in [-0.3, -0.25) is 4.98 Å². The Morgan fingerprint density at radius 3 is 2.50 bits per heavy atom. The van der Waals surface area contributed by atoms with E-state index in [0.717, 1.165) is 34.3 Å². The van der Waals surface area contributed by atoms with Crippen LogP contribution in [0.4, 0.5) is 11.4 Å². The highest BCUT2D eigenvalue weighted by Gasteiger charge is 2.09. The van der Waals surface area contributed by atoms with E-state index < -0.39 is 0 Å². The lowest BCUT2D eigenvalue weighted by Gasteiger charge is -2.24. The van der Waals surface area contributed by atoms with Gasteiger partial charge in [0.15, 0.2) is 0 Å². The first-order chi connectivity index (χ1) is 12.7. The van der Waals surface area contributed by atoms with E-state index in [2.05, 4.69) is 22.9 Å². The Morgan fingerprint density at radius 2 is 1.81 bits per heavy atom. The summed E-state index contributed by atoms with van der Waals surface area (Å²) < 4.78 is 10.8. The van der Waals surface area contributed by atoms with Crippen LogP contribution < -0.4 is 10.6 Å². The number of aromatic nitrogens is 1. The molecular weight excluding hydrogens is 350 g/mol. The lowest BCUT2D eigenvalue weighted by molar-refractivity contribution is 0.0351. The molecule has 0 aliphatic carbocycles. The normalized spacial score (nSPS) is 10.8. The van der Waals surface area contributed by atoms with Crippen molar-refractivity contribution in [3.05, 3.63) is 42.7 Å². The Kier molecular flexibility index (Phi) is 9.27. The zero-order chi connectivity index (χ0) is 18.6. The van der Waals surface area contributed by atoms with Gasteiger partial charge in [-0.25, -0.2) is 0 Å². The van der Waals surface area contributed by atoms with Crippen molar-refractivity contribution >= 4 is 23.1 Å². The fourth-order valence-electron chi connectivity index (χ4n) is 2.37. The van der Waals surface area contributed by atoms with Gasteiger partial charge in [0.05, 0.1) is 33.0 Å². The van der Waals surface area contributed by atoms with Crippen LogP contribution in [0.1, 0.15) is 6.92 Å². The maximum atomic E-state index is 8.65. The first kappa shape index (κ1) is 20.5. The van der Waals surface area contributed by atoms with Crippen molar-refractivity contribution in [2.24, 2.45) is 0 Å². The Morgan fingerprint density at radius 1 is 1.08 bits per heavy atom. The molecule has 1 aromatic carbocycles. The number of hydrogen-bond acceptors (Lipinski definition) is 7. The van der Waals surface area contributed by atoms with Crippen LogP contribution in [0, 0.1) is 0 Å². The second-order valence-corrected chi connectivity index (χ2v) is 6.65. The van der Waals surface area contributed by atoms with Crippen molar-refractivity contribution in [2.45, 2.75) is 16.7 Å². The molecule has 0 saturated carbocycles. The number of pyridine rings is 1. The first-order valence-corrected chi connectivity index (χ1v) is 9.55. The van der Waals surface area contributed by atoms with Crippen molar-refractivity contribution in [1.29, 1.82) is 0 Å². The number of anilines is 2. The molecule has 2 rings (SSSR count). The summed E-state index contributed by atoms with van der Waals surface area (Å²) in [6.45, 7) is 5.84. The van der Waals surface area contributed by atoms with Crippen molar-refractivity contribution in [2.75, 3.05) is 56.8 Å². The smallest absolute Gasteiger partial charge is 0.0701 e. The minimum absolute atomic E-state index is 0.0423. The zero-order valence-corrected chi connectivity index (χ0v) is 16.0. The molecule has 1 heterocycles. The van der Waals surface area contributed by atoms with Crippen molar-refractivity contribution < 1.29 is 14.6 Å². The fraction of sp³-hybridized carbons (Fsp3) is 0.421. The molecule has 0 radical (unpaired) electrons. The standard InChI is InChI=1S/C19H27N3O3S/c1-2-22(9-11-24-13-14-25-12-10-23)16-3-4-18(20)19(15-16)26-17-5-7-21-8-6-17/h3-8,15,23H,2,9-14,20H2,1H3. The lowest BCUT2D eigenvalue weighted by atomic mass is 10.2. The summed E-state index contributed by atoms with van der Waals surface area (Å²) in [6, 6.07) is 10.1. The van der Waals surface area contributed by atoms with Crippen molar-refractivity contribution in [3.63, 3.8) is 0 Å². The minimum Gasteiger partial charge on any atom is -0.398 e. The van der Waals surface area contributed by atoms with Crippen LogP contribution in [0.3, 0.4) is 0 Å². The summed E-state index contributed by atoms with van der Waals surface area (Å²) in [5.41, 5.74) is 8.04. The average molecular weight is 378 g/mol. The van der Waals surface area contributed by atoms with Crippen LogP contribution in [0.2, 0.25) is 0 Å². The van der Waals surface area contributed by atoms with Crippen LogP contribution in [0.5, 0.6) is 0 Å². The summed E-state index contributed by atoms with van der Waals surface area (Å²) >= 11 is 1.64. The van der Waals surface area contributed by atoms with Gasteiger partial charge in [0.25, 0.3) is 0 Å². The van der Waals surface area contributed by atoms with Crippen LogP contribution in [0.15, 0.2) is 52.5 Å². The van der Waals surface area contributed by atoms with Gasteiger partial charge in [-0.2, -0.15) is 0 Å². The van der Waals surface area contributed by atoms with Crippen LogP contribution in [-0.2, 0) is 9.47 Å². The molecule has 0 bridgehead atoms. The predicted molar refractivity (Wildman–Crippen MR) is 106 cm³/mol. The van der Waals surface area contributed by atoms with E-state index in [1.54, 1.807) is 24.2 Å². The van der Waals surface area contributed by atoms with Crippen molar-refractivity contribution in [3.8, 4) is 0 Å². The first-order valence-electron chi connectivity index (χ1n) is 8.73. The van der Waals surface area contributed by atoms with E-state index in [9.17, 15) is 0 Å². The van der Waals surface area contributed by atoms with E-state index >= 15 is 0 Å². The highest BCUT2D eigenvalue weighted by Crippen LogP contribution is 2.34. The lowest BCUT2D eigenvalue weighted by Crippen LogP contribution is -2.27. The molecule has 0 aliphatic heterocycles. The molecule has 0 aliphatic rings. The maximum Gasteiger partial charge on any atom is 0.0701 e. The van der Waals surface area contributed by atoms with Gasteiger partial charge in [0.1, 0.15) is 0 Å². The summed E-state index contributed by atoms with van der Waals surface area (Å²) in [5, 5.41) is 8.65. The quantitative estimate of drug-likeness (QED) is 0.435. The number of aliphatic hydroxyl groups is 1. The van der Waals surface area contributed by atoms with Gasteiger partial charge in [-0.05, 0) is 37.3 Å². The topological polar surface area (TPSA) is 80.8 Å². The number of aliphatic hydroxyl groups excluding tert-OH is 1. The SMILES string of the molecule is CCN(CCOCCOCCO)c1ccc(N)c(Sc2ccncc2)c1. The van der Waals surface area contributed by atoms with Crippen LogP contribution in [-0.4, -0.2) is 56.2 Å². The van der Waals surface area contributed by atoms with Gasteiger partial charge in [0, 0.05) is 46.6 Å². The molecule has 0 atom stereocenters. The highest BCUT2D eigenvalue weighted by atomic mass is 32.2. The monoisotopic (exact) mass is 377 g/mol. The molecule has 26 heavy (non-hydrogen) atoms. The number of benzene rings is 1. The molecule has 0 spiro atoms. The summed E-state index contributed by atoms with van der Waals surface area (Å²) in [4.78, 5) is 8.44. The largest absolute Gasteiger partial charge is 0.398 e. The van der Waals surface area contributed by atoms with Gasteiger partial charge in [-0.1, -0.05) is 11.8 Å². The van der Waals surface area contributed by atoms with E-state index in [-0.39, 0.29) is 6.61 Å². The molecule has 1 aromatic heterocycles. The number of nitrogen functional groups attached to an aromatic ring is 1. The van der Waals surface area contributed by atoms with Gasteiger partial charge < -0.3 is 25.2 Å². The van der Waals surface area contributed by atoms with Gasteiger partial charge >= 0.3 is 0 Å². The fourth-order valence-corrected chi connectivity index (χ4v) is 3.25. The molecule has 0 fully saturated rings. The molecule has 7 heteroatoms. The molecule has 0 saturated heterocycles. The van der Waals surface area contributed by atoms with Gasteiger partial charge in [0.2, 0.25) is 0 Å². The number of rotatable bonds is 12. The molecule has 142 valence electrons. The molecule has 0 unspecified atom stereocenters. The molecule has 0 amide bonds. The summed E-state index contributed by atoms with van der Waals surface area (Å²) in [6.07, 6.45) is 3.56. The maximum absolute atomic E-state index is 8.65. The number of likely N-dealkylation sites (N-methyl/N-ethyl adjacent to an activating group) is 1. The molecule has 6 nitrogen and oxygen atoms in total. The van der Waals surface area contributed by atoms with Gasteiger partial charge in [-0.15, -0.1) is 0 Å². The minimum atomic E-state index is 0.0423.